The minimum absolute atomic E-state index is 0.0907. The fraction of sp³-hybridized carbons (Fsp3) is 0.273. The summed E-state index contributed by atoms with van der Waals surface area (Å²) in [6, 6.07) is 3.39. The van der Waals surface area contributed by atoms with Crippen LogP contribution in [0.4, 0.5) is 0 Å². The van der Waals surface area contributed by atoms with Gasteiger partial charge in [0.25, 0.3) is 5.91 Å². The van der Waals surface area contributed by atoms with E-state index < -0.39 is 5.91 Å². The van der Waals surface area contributed by atoms with E-state index in [1.165, 1.54) is 11.8 Å². The molecule has 0 fully saturated rings. The maximum atomic E-state index is 11.8. The number of aryl methyl sites for hydroxylation is 2. The number of hydrogen-bond acceptors (Lipinski definition) is 5. The Hall–Kier alpha value is -2.09. The van der Waals surface area contributed by atoms with E-state index in [2.05, 4.69) is 20.5 Å². The van der Waals surface area contributed by atoms with Gasteiger partial charge in [0, 0.05) is 13.2 Å². The van der Waals surface area contributed by atoms with E-state index in [0.717, 1.165) is 0 Å². The number of carbonyl (C=O) groups is 2. The third-order valence-corrected chi connectivity index (χ3v) is 3.19. The Balaban J connectivity index is 1.85. The van der Waals surface area contributed by atoms with Gasteiger partial charge in [-0.1, -0.05) is 11.8 Å². The molecule has 2 rings (SSSR count). The number of thioether (sulfide) groups is 1. The van der Waals surface area contributed by atoms with Crippen LogP contribution < -0.4 is 5.32 Å². The van der Waals surface area contributed by atoms with Gasteiger partial charge < -0.3 is 4.57 Å². The maximum Gasteiger partial charge on any atom is 0.274 e. The molecule has 0 atom stereocenters. The van der Waals surface area contributed by atoms with Crippen molar-refractivity contribution in [1.82, 2.24) is 25.1 Å². The second kappa shape index (κ2) is 5.70. The molecule has 2 amide bonds. The van der Waals surface area contributed by atoms with Crippen molar-refractivity contribution in [2.45, 2.75) is 12.1 Å². The zero-order chi connectivity index (χ0) is 13.8. The van der Waals surface area contributed by atoms with Crippen molar-refractivity contribution in [3.05, 3.63) is 29.8 Å². The van der Waals surface area contributed by atoms with Crippen LogP contribution in [0.1, 0.15) is 16.3 Å². The predicted octanol–water partition coefficient (Wildman–Crippen LogP) is 0.500. The van der Waals surface area contributed by atoms with Crippen LogP contribution in [0.3, 0.4) is 0 Å². The van der Waals surface area contributed by atoms with Crippen molar-refractivity contribution in [3.63, 3.8) is 0 Å². The van der Waals surface area contributed by atoms with E-state index in [-0.39, 0.29) is 11.7 Å². The maximum absolute atomic E-state index is 11.8. The van der Waals surface area contributed by atoms with Crippen molar-refractivity contribution in [2.24, 2.45) is 7.05 Å². The summed E-state index contributed by atoms with van der Waals surface area (Å²) in [4.78, 5) is 27.4. The van der Waals surface area contributed by atoms with Crippen LogP contribution in [0.5, 0.6) is 0 Å². The van der Waals surface area contributed by atoms with Crippen molar-refractivity contribution in [3.8, 4) is 0 Å². The number of nitrogens with zero attached hydrogens (tertiary/aromatic N) is 3. The highest BCUT2D eigenvalue weighted by atomic mass is 32.2. The van der Waals surface area contributed by atoms with Gasteiger partial charge in [0.2, 0.25) is 11.1 Å². The van der Waals surface area contributed by atoms with Crippen LogP contribution in [0.2, 0.25) is 0 Å². The molecule has 0 unspecified atom stereocenters. The van der Waals surface area contributed by atoms with Crippen molar-refractivity contribution in [1.29, 1.82) is 0 Å². The van der Waals surface area contributed by atoms with E-state index in [0.29, 0.717) is 16.7 Å². The molecule has 2 N–H and O–H groups in total. The summed E-state index contributed by atoms with van der Waals surface area (Å²) >= 11 is 1.17. The Morgan fingerprint density at radius 2 is 2.32 bits per heavy atom. The van der Waals surface area contributed by atoms with Crippen molar-refractivity contribution in [2.75, 3.05) is 5.75 Å². The molecule has 0 saturated heterocycles. The molecule has 19 heavy (non-hydrogen) atoms. The van der Waals surface area contributed by atoms with E-state index in [9.17, 15) is 9.59 Å². The molecule has 2 aromatic rings. The van der Waals surface area contributed by atoms with Gasteiger partial charge in [0.05, 0.1) is 5.75 Å². The zero-order valence-electron chi connectivity index (χ0n) is 10.5. The smallest absolute Gasteiger partial charge is 0.274 e. The van der Waals surface area contributed by atoms with Crippen LogP contribution in [0.15, 0.2) is 23.5 Å². The second-order valence-corrected chi connectivity index (χ2v) is 4.82. The third kappa shape index (κ3) is 3.44. The molecule has 7 nitrogen and oxygen atoms in total. The number of nitrogens with one attached hydrogen (secondary N) is 2. The molecule has 0 saturated carbocycles. The lowest BCUT2D eigenvalue weighted by molar-refractivity contribution is -0.117. The molecule has 2 aromatic heterocycles. The van der Waals surface area contributed by atoms with Gasteiger partial charge in [-0.2, -0.15) is 0 Å². The average molecular weight is 279 g/mol. The lowest BCUT2D eigenvalue weighted by atomic mass is 10.4. The lowest BCUT2D eigenvalue weighted by Gasteiger charge is -2.03. The number of aromatic nitrogens is 4. The summed E-state index contributed by atoms with van der Waals surface area (Å²) in [7, 11) is 1.74. The number of hydrogen-bond donors (Lipinski definition) is 2. The number of aromatic amines is 1. The summed E-state index contributed by atoms with van der Waals surface area (Å²) in [6.45, 7) is 1.77. The van der Waals surface area contributed by atoms with Crippen molar-refractivity contribution >= 4 is 23.6 Å². The average Bonchev–Trinajstić information content (AvgIpc) is 2.95. The van der Waals surface area contributed by atoms with Gasteiger partial charge >= 0.3 is 0 Å². The topological polar surface area (TPSA) is 92.7 Å². The molecule has 0 aliphatic rings. The number of rotatable bonds is 4. The van der Waals surface area contributed by atoms with Gasteiger partial charge in [0.1, 0.15) is 11.5 Å². The highest BCUT2D eigenvalue weighted by Crippen LogP contribution is 2.11. The molecule has 0 spiro atoms. The number of amides is 2. The first kappa shape index (κ1) is 13.3. The predicted molar refractivity (Wildman–Crippen MR) is 69.7 cm³/mol. The molecular weight excluding hydrogens is 266 g/mol. The van der Waals surface area contributed by atoms with Crippen molar-refractivity contribution < 1.29 is 9.59 Å². The monoisotopic (exact) mass is 279 g/mol. The standard InChI is InChI=1S/C11H13N5O2S/c1-7-12-11(15-14-7)19-6-9(17)13-10(18)8-4-3-5-16(8)2/h3-5H,6H2,1-2H3,(H,12,14,15)(H,13,17,18). The number of carbonyl (C=O) groups excluding carboxylic acids is 2. The molecule has 0 aliphatic heterocycles. The van der Waals surface area contributed by atoms with Crippen LogP contribution in [-0.4, -0.2) is 37.3 Å². The molecule has 0 aliphatic carbocycles. The first-order chi connectivity index (χ1) is 9.06. The molecule has 2 heterocycles. The molecular formula is C11H13N5O2S. The summed E-state index contributed by atoms with van der Waals surface area (Å²) in [6.07, 6.45) is 1.74. The first-order valence-corrected chi connectivity index (χ1v) is 6.52. The zero-order valence-corrected chi connectivity index (χ0v) is 11.3. The van der Waals surface area contributed by atoms with Gasteiger partial charge in [-0.15, -0.1) is 5.10 Å². The van der Waals surface area contributed by atoms with Crippen LogP contribution >= 0.6 is 11.8 Å². The minimum atomic E-state index is -0.413. The third-order valence-electron chi connectivity index (χ3n) is 2.34. The van der Waals surface area contributed by atoms with E-state index in [1.807, 2.05) is 0 Å². The number of H-pyrrole nitrogens is 1. The van der Waals surface area contributed by atoms with E-state index >= 15 is 0 Å². The number of imide groups is 1. The minimum Gasteiger partial charge on any atom is -0.347 e. The normalized spacial score (nSPS) is 10.4. The first-order valence-electron chi connectivity index (χ1n) is 5.53. The molecule has 8 heteroatoms. The van der Waals surface area contributed by atoms with Gasteiger partial charge in [-0.25, -0.2) is 4.98 Å². The fourth-order valence-electron chi connectivity index (χ4n) is 1.44. The second-order valence-electron chi connectivity index (χ2n) is 3.87. The summed E-state index contributed by atoms with van der Waals surface area (Å²) in [5.41, 5.74) is 0.437. The highest BCUT2D eigenvalue weighted by Gasteiger charge is 2.13. The molecule has 0 aromatic carbocycles. The molecule has 0 bridgehead atoms. The van der Waals surface area contributed by atoms with Gasteiger partial charge in [-0.3, -0.25) is 20.0 Å². The SMILES string of the molecule is Cc1nc(SCC(=O)NC(=O)c2cccn2C)n[nH]1. The Bertz CT molecular complexity index is 604. The summed E-state index contributed by atoms with van der Waals surface area (Å²) in [5.74, 6) is -0.0151. The lowest BCUT2D eigenvalue weighted by Crippen LogP contribution is -2.32. The largest absolute Gasteiger partial charge is 0.347 e. The van der Waals surface area contributed by atoms with Gasteiger partial charge in [-0.05, 0) is 19.1 Å². The summed E-state index contributed by atoms with van der Waals surface area (Å²) < 4.78 is 1.65. The van der Waals surface area contributed by atoms with Gasteiger partial charge in [0.15, 0.2) is 0 Å². The van der Waals surface area contributed by atoms with Crippen LogP contribution in [-0.2, 0) is 11.8 Å². The van der Waals surface area contributed by atoms with Crippen LogP contribution in [0.25, 0.3) is 0 Å². The quantitative estimate of drug-likeness (QED) is 0.795. The van der Waals surface area contributed by atoms with Crippen LogP contribution in [0, 0.1) is 6.92 Å². The van der Waals surface area contributed by atoms with E-state index in [1.54, 1.807) is 36.9 Å². The Labute approximate surface area is 113 Å². The summed E-state index contributed by atoms with van der Waals surface area (Å²) in [5, 5.41) is 9.37. The molecule has 0 radical (unpaired) electrons. The Morgan fingerprint density at radius 1 is 1.53 bits per heavy atom. The fourth-order valence-corrected chi connectivity index (χ4v) is 2.08. The van der Waals surface area contributed by atoms with E-state index in [4.69, 9.17) is 0 Å². The Morgan fingerprint density at radius 3 is 2.89 bits per heavy atom. The highest BCUT2D eigenvalue weighted by molar-refractivity contribution is 7.99. The molecule has 100 valence electrons. The Kier molecular flexibility index (Phi) is 4.00.